The number of carbonyl (C=O) groups is 1. The molecular weight excluding hydrogens is 404 g/mol. The van der Waals surface area contributed by atoms with Gasteiger partial charge >= 0.3 is 5.97 Å². The Morgan fingerprint density at radius 2 is 1.83 bits per heavy atom. The van der Waals surface area contributed by atoms with E-state index in [4.69, 9.17) is 9.47 Å². The molecule has 29 heavy (non-hydrogen) atoms. The third-order valence-corrected chi connectivity index (χ3v) is 5.99. The van der Waals surface area contributed by atoms with E-state index >= 15 is 0 Å². The summed E-state index contributed by atoms with van der Waals surface area (Å²) in [6.45, 7) is 5.27. The molecule has 1 aromatic carbocycles. The fraction of sp³-hybridized carbons (Fsp3) is 0.522. The van der Waals surface area contributed by atoms with Crippen LogP contribution in [0.25, 0.3) is 0 Å². The fourth-order valence-electron chi connectivity index (χ4n) is 2.44. The van der Waals surface area contributed by atoms with E-state index in [2.05, 4.69) is 40.5 Å². The molecule has 4 nitrogen and oxygen atoms in total. The molecule has 0 saturated heterocycles. The Labute approximate surface area is 184 Å². The van der Waals surface area contributed by atoms with E-state index in [-0.39, 0.29) is 12.3 Å². The Morgan fingerprint density at radius 3 is 2.48 bits per heavy atom. The average molecular weight is 439 g/mol. The molecule has 0 heterocycles. The number of hydrogen-bond acceptors (Lipinski definition) is 6. The molecule has 1 unspecified atom stereocenters. The zero-order valence-corrected chi connectivity index (χ0v) is 19.4. The highest BCUT2D eigenvalue weighted by atomic mass is 32.2. The molecule has 0 spiro atoms. The first-order valence-electron chi connectivity index (χ1n) is 10.1. The predicted octanol–water partition coefficient (Wildman–Crippen LogP) is 6.08. The van der Waals surface area contributed by atoms with E-state index in [9.17, 15) is 4.79 Å². The Hall–Kier alpha value is -1.21. The smallest absolute Gasteiger partial charge is 0.305 e. The topological polar surface area (TPSA) is 44.8 Å². The van der Waals surface area contributed by atoms with Crippen LogP contribution < -0.4 is 0 Å². The van der Waals surface area contributed by atoms with E-state index in [0.717, 1.165) is 25.0 Å². The van der Waals surface area contributed by atoms with Crippen molar-refractivity contribution in [2.24, 2.45) is 0 Å². The molecule has 0 fully saturated rings. The van der Waals surface area contributed by atoms with Crippen LogP contribution in [0.1, 0.15) is 39.5 Å². The van der Waals surface area contributed by atoms with Crippen LogP contribution in [0.15, 0.2) is 58.9 Å². The molecule has 0 saturated carbocycles. The van der Waals surface area contributed by atoms with Crippen LogP contribution in [-0.2, 0) is 19.0 Å². The molecule has 0 radical (unpaired) electrons. The standard InChI is InChI=1S/C23H34O4S2/c1-4-26-23(27-5-2)19-29-21(15-9-6-7-12-16-22(24)25-3)17-18-28-20-13-10-8-11-14-20/h6,8-11,13-14,17-18,21,23H,4-5,7,12,15-16,19H2,1-3H3. The Morgan fingerprint density at radius 1 is 1.10 bits per heavy atom. The number of methoxy groups -OCH3 is 1. The number of hydrogen-bond donors (Lipinski definition) is 0. The van der Waals surface area contributed by atoms with Crippen LogP contribution in [0.5, 0.6) is 0 Å². The van der Waals surface area contributed by atoms with Crippen LogP contribution in [-0.4, -0.2) is 43.6 Å². The monoisotopic (exact) mass is 438 g/mol. The number of esters is 1. The number of allylic oxidation sites excluding steroid dienone is 2. The van der Waals surface area contributed by atoms with Gasteiger partial charge < -0.3 is 14.2 Å². The highest BCUT2D eigenvalue weighted by molar-refractivity contribution is 8.02. The van der Waals surface area contributed by atoms with Crippen molar-refractivity contribution in [3.8, 4) is 0 Å². The molecular formula is C23H34O4S2. The molecule has 0 aromatic heterocycles. The molecule has 0 aliphatic carbocycles. The number of thioether (sulfide) groups is 2. The van der Waals surface area contributed by atoms with Gasteiger partial charge in [0.1, 0.15) is 0 Å². The van der Waals surface area contributed by atoms with Crippen LogP contribution in [0.2, 0.25) is 0 Å². The Kier molecular flexibility index (Phi) is 15.7. The van der Waals surface area contributed by atoms with Gasteiger partial charge in [-0.3, -0.25) is 4.79 Å². The third kappa shape index (κ3) is 13.6. The first kappa shape index (κ1) is 25.8. The lowest BCUT2D eigenvalue weighted by molar-refractivity contribution is -0.140. The molecule has 1 aromatic rings. The summed E-state index contributed by atoms with van der Waals surface area (Å²) in [5, 5.41) is 2.50. The zero-order valence-electron chi connectivity index (χ0n) is 17.8. The normalized spacial score (nSPS) is 12.8. The maximum Gasteiger partial charge on any atom is 0.305 e. The van der Waals surface area contributed by atoms with Gasteiger partial charge in [0.25, 0.3) is 0 Å². The summed E-state index contributed by atoms with van der Waals surface area (Å²) in [5.74, 6) is 0.647. The Balaban J connectivity index is 2.53. The SMILES string of the molecule is CCOC(CSC(C=CSc1ccccc1)CC=CCCCC(=O)OC)OCC. The van der Waals surface area contributed by atoms with E-state index in [1.807, 2.05) is 43.8 Å². The highest BCUT2D eigenvalue weighted by Crippen LogP contribution is 2.24. The van der Waals surface area contributed by atoms with Gasteiger partial charge in [0.05, 0.1) is 7.11 Å². The van der Waals surface area contributed by atoms with Crippen molar-refractivity contribution >= 4 is 29.5 Å². The van der Waals surface area contributed by atoms with Gasteiger partial charge in [-0.15, -0.1) is 11.8 Å². The lowest BCUT2D eigenvalue weighted by atomic mass is 10.2. The van der Waals surface area contributed by atoms with Crippen molar-refractivity contribution in [1.82, 2.24) is 0 Å². The lowest BCUT2D eigenvalue weighted by Crippen LogP contribution is -2.21. The molecule has 0 N–H and O–H groups in total. The number of unbranched alkanes of at least 4 members (excludes halogenated alkanes) is 1. The van der Waals surface area contributed by atoms with Gasteiger partial charge in [-0.2, -0.15) is 0 Å². The molecule has 6 heteroatoms. The quantitative estimate of drug-likeness (QED) is 0.102. The van der Waals surface area contributed by atoms with Gasteiger partial charge in [-0.05, 0) is 50.7 Å². The van der Waals surface area contributed by atoms with Crippen molar-refractivity contribution in [2.45, 2.75) is 56.0 Å². The molecule has 1 rings (SSSR count). The first-order valence-corrected chi connectivity index (χ1v) is 12.1. The van der Waals surface area contributed by atoms with E-state index in [0.29, 0.717) is 24.9 Å². The van der Waals surface area contributed by atoms with Crippen LogP contribution >= 0.6 is 23.5 Å². The van der Waals surface area contributed by atoms with E-state index in [1.165, 1.54) is 12.0 Å². The zero-order chi connectivity index (χ0) is 21.2. The first-order chi connectivity index (χ1) is 14.2. The van der Waals surface area contributed by atoms with Gasteiger partial charge in [-0.1, -0.05) is 48.2 Å². The second-order valence-electron chi connectivity index (χ2n) is 6.15. The second kappa shape index (κ2) is 17.6. The minimum absolute atomic E-state index is 0.148. The number of benzene rings is 1. The molecule has 162 valence electrons. The maximum absolute atomic E-state index is 11.2. The van der Waals surface area contributed by atoms with Gasteiger partial charge in [0, 0.05) is 35.5 Å². The van der Waals surface area contributed by atoms with Crippen LogP contribution in [0, 0.1) is 0 Å². The summed E-state index contributed by atoms with van der Waals surface area (Å²) in [7, 11) is 1.43. The van der Waals surface area contributed by atoms with Crippen molar-refractivity contribution in [1.29, 1.82) is 0 Å². The van der Waals surface area contributed by atoms with Crippen molar-refractivity contribution < 1.29 is 19.0 Å². The molecule has 0 aliphatic heterocycles. The summed E-state index contributed by atoms with van der Waals surface area (Å²) >= 11 is 3.57. The minimum atomic E-state index is -0.170. The fourth-order valence-corrected chi connectivity index (χ4v) is 4.31. The summed E-state index contributed by atoms with van der Waals surface area (Å²) in [6.07, 6.45) is 9.52. The summed E-state index contributed by atoms with van der Waals surface area (Å²) < 4.78 is 16.0. The van der Waals surface area contributed by atoms with Gasteiger partial charge in [0.2, 0.25) is 0 Å². The third-order valence-electron chi connectivity index (χ3n) is 3.91. The van der Waals surface area contributed by atoms with Crippen molar-refractivity contribution in [3.05, 3.63) is 54.0 Å². The predicted molar refractivity (Wildman–Crippen MR) is 124 cm³/mol. The largest absolute Gasteiger partial charge is 0.469 e. The van der Waals surface area contributed by atoms with E-state index < -0.39 is 0 Å². The van der Waals surface area contributed by atoms with Crippen LogP contribution in [0.3, 0.4) is 0 Å². The number of carbonyl (C=O) groups excluding carboxylic acids is 1. The molecule has 0 amide bonds. The van der Waals surface area contributed by atoms with Crippen LogP contribution in [0.4, 0.5) is 0 Å². The summed E-state index contributed by atoms with van der Waals surface area (Å²) in [5.41, 5.74) is 0. The summed E-state index contributed by atoms with van der Waals surface area (Å²) in [6, 6.07) is 10.3. The average Bonchev–Trinajstić information content (AvgIpc) is 2.74. The Bertz CT molecular complexity index is 584. The molecule has 1 atom stereocenters. The minimum Gasteiger partial charge on any atom is -0.469 e. The van der Waals surface area contributed by atoms with Gasteiger partial charge in [0.15, 0.2) is 6.29 Å². The maximum atomic E-state index is 11.2. The van der Waals surface area contributed by atoms with Gasteiger partial charge in [-0.25, -0.2) is 0 Å². The molecule has 0 bridgehead atoms. The lowest BCUT2D eigenvalue weighted by Gasteiger charge is -2.19. The second-order valence-corrected chi connectivity index (χ2v) is 8.40. The number of rotatable bonds is 16. The van der Waals surface area contributed by atoms with Crippen molar-refractivity contribution in [2.75, 3.05) is 26.1 Å². The number of ether oxygens (including phenoxy) is 3. The summed E-state index contributed by atoms with van der Waals surface area (Å²) in [4.78, 5) is 12.4. The van der Waals surface area contributed by atoms with E-state index in [1.54, 1.807) is 11.8 Å². The molecule has 0 aliphatic rings. The highest BCUT2D eigenvalue weighted by Gasteiger charge is 2.12. The van der Waals surface area contributed by atoms with Crippen molar-refractivity contribution in [3.63, 3.8) is 0 Å².